The third-order valence-corrected chi connectivity index (χ3v) is 3.74. The highest BCUT2D eigenvalue weighted by molar-refractivity contribution is 5.73. The van der Waals surface area contributed by atoms with E-state index in [1.54, 1.807) is 7.11 Å². The molecule has 0 aliphatic carbocycles. The number of rotatable bonds is 5. The van der Waals surface area contributed by atoms with E-state index in [0.717, 1.165) is 31.4 Å². The van der Waals surface area contributed by atoms with Crippen molar-refractivity contribution in [2.45, 2.75) is 31.3 Å². The Morgan fingerprint density at radius 1 is 1.42 bits per heavy atom. The highest BCUT2D eigenvalue weighted by Crippen LogP contribution is 2.29. The van der Waals surface area contributed by atoms with Gasteiger partial charge in [-0.2, -0.15) is 0 Å². The van der Waals surface area contributed by atoms with Gasteiger partial charge in [-0.05, 0) is 24.9 Å². The number of aliphatic carboxylic acids is 1. The standard InChI is InChI=1S/C15H21NO3/c1-19-11-14(12-7-3-2-4-8-12)16-10-6-5-9-13(16)15(17)18/h2-4,7-8,13-14H,5-6,9-11H2,1H3,(H,17,18). The molecule has 2 rings (SSSR count). The summed E-state index contributed by atoms with van der Waals surface area (Å²) in [7, 11) is 1.66. The Morgan fingerprint density at radius 3 is 2.79 bits per heavy atom. The number of likely N-dealkylation sites (tertiary alicyclic amines) is 1. The lowest BCUT2D eigenvalue weighted by molar-refractivity contribution is -0.146. The van der Waals surface area contributed by atoms with Crippen molar-refractivity contribution in [1.82, 2.24) is 4.90 Å². The van der Waals surface area contributed by atoms with Crippen LogP contribution in [-0.4, -0.2) is 42.3 Å². The van der Waals surface area contributed by atoms with Crippen molar-refractivity contribution in [2.75, 3.05) is 20.3 Å². The van der Waals surface area contributed by atoms with Gasteiger partial charge < -0.3 is 9.84 Å². The van der Waals surface area contributed by atoms with E-state index in [1.165, 1.54) is 0 Å². The van der Waals surface area contributed by atoms with Crippen molar-refractivity contribution in [3.8, 4) is 0 Å². The van der Waals surface area contributed by atoms with Crippen LogP contribution >= 0.6 is 0 Å². The van der Waals surface area contributed by atoms with Gasteiger partial charge in [-0.3, -0.25) is 9.69 Å². The van der Waals surface area contributed by atoms with E-state index in [1.807, 2.05) is 30.3 Å². The molecule has 0 aromatic heterocycles. The van der Waals surface area contributed by atoms with Crippen LogP contribution in [0.5, 0.6) is 0 Å². The Morgan fingerprint density at radius 2 is 2.16 bits per heavy atom. The van der Waals surface area contributed by atoms with Gasteiger partial charge in [0.15, 0.2) is 0 Å². The number of carboxylic acid groups (broad SMARTS) is 1. The summed E-state index contributed by atoms with van der Waals surface area (Å²) in [6.07, 6.45) is 2.77. The average molecular weight is 263 g/mol. The van der Waals surface area contributed by atoms with Crippen LogP contribution in [0.1, 0.15) is 30.9 Å². The van der Waals surface area contributed by atoms with Crippen LogP contribution < -0.4 is 0 Å². The first-order valence-electron chi connectivity index (χ1n) is 6.76. The molecule has 4 heteroatoms. The quantitative estimate of drug-likeness (QED) is 0.885. The Bertz CT molecular complexity index is 407. The normalized spacial score (nSPS) is 22.1. The molecule has 1 fully saturated rings. The molecule has 0 bridgehead atoms. The summed E-state index contributed by atoms with van der Waals surface area (Å²) < 4.78 is 5.31. The summed E-state index contributed by atoms with van der Waals surface area (Å²) in [5, 5.41) is 9.39. The fourth-order valence-corrected chi connectivity index (χ4v) is 2.81. The Kier molecular flexibility index (Phi) is 4.93. The minimum atomic E-state index is -0.725. The van der Waals surface area contributed by atoms with Crippen LogP contribution in [0.25, 0.3) is 0 Å². The van der Waals surface area contributed by atoms with Gasteiger partial charge in [-0.15, -0.1) is 0 Å². The molecule has 2 atom stereocenters. The summed E-state index contributed by atoms with van der Waals surface area (Å²) in [6.45, 7) is 1.34. The SMILES string of the molecule is COCC(c1ccccc1)N1CCCCC1C(=O)O. The van der Waals surface area contributed by atoms with E-state index in [0.29, 0.717) is 6.61 Å². The van der Waals surface area contributed by atoms with Crippen molar-refractivity contribution in [3.05, 3.63) is 35.9 Å². The maximum absolute atomic E-state index is 11.4. The van der Waals surface area contributed by atoms with Crippen molar-refractivity contribution in [2.24, 2.45) is 0 Å². The predicted octanol–water partition coefficient (Wildman–Crippen LogP) is 2.31. The second-order valence-corrected chi connectivity index (χ2v) is 4.97. The molecule has 1 aliphatic heterocycles. The van der Waals surface area contributed by atoms with E-state index in [9.17, 15) is 9.90 Å². The molecule has 19 heavy (non-hydrogen) atoms. The molecule has 0 saturated carbocycles. The summed E-state index contributed by atoms with van der Waals surface area (Å²) >= 11 is 0. The fraction of sp³-hybridized carbons (Fsp3) is 0.533. The predicted molar refractivity (Wildman–Crippen MR) is 73.0 cm³/mol. The minimum absolute atomic E-state index is 0.0209. The number of methoxy groups -OCH3 is 1. The number of hydrogen-bond donors (Lipinski definition) is 1. The zero-order valence-corrected chi connectivity index (χ0v) is 11.3. The Hall–Kier alpha value is -1.39. The van der Waals surface area contributed by atoms with E-state index in [4.69, 9.17) is 4.74 Å². The lowest BCUT2D eigenvalue weighted by atomic mass is 9.96. The van der Waals surface area contributed by atoms with Crippen LogP contribution in [0.3, 0.4) is 0 Å². The van der Waals surface area contributed by atoms with Crippen molar-refractivity contribution in [1.29, 1.82) is 0 Å². The molecule has 1 aromatic rings. The number of nitrogens with zero attached hydrogens (tertiary/aromatic N) is 1. The molecule has 1 aromatic carbocycles. The Labute approximate surface area is 114 Å². The van der Waals surface area contributed by atoms with E-state index >= 15 is 0 Å². The smallest absolute Gasteiger partial charge is 0.320 e. The lowest BCUT2D eigenvalue weighted by Gasteiger charge is -2.39. The van der Waals surface area contributed by atoms with Gasteiger partial charge in [0.05, 0.1) is 12.6 Å². The van der Waals surface area contributed by atoms with Crippen molar-refractivity contribution in [3.63, 3.8) is 0 Å². The number of hydrogen-bond acceptors (Lipinski definition) is 3. The summed E-state index contributed by atoms with van der Waals surface area (Å²) in [6, 6.07) is 9.64. The third-order valence-electron chi connectivity index (χ3n) is 3.74. The average Bonchev–Trinajstić information content (AvgIpc) is 2.45. The third kappa shape index (κ3) is 3.33. The fourth-order valence-electron chi connectivity index (χ4n) is 2.81. The van der Waals surface area contributed by atoms with Crippen LogP contribution in [0, 0.1) is 0 Å². The number of carboxylic acids is 1. The van der Waals surface area contributed by atoms with Gasteiger partial charge in [-0.25, -0.2) is 0 Å². The van der Waals surface area contributed by atoms with Gasteiger partial charge in [0.1, 0.15) is 6.04 Å². The number of carbonyl (C=O) groups is 1. The van der Waals surface area contributed by atoms with Crippen LogP contribution in [-0.2, 0) is 9.53 Å². The first-order valence-corrected chi connectivity index (χ1v) is 6.76. The number of ether oxygens (including phenoxy) is 1. The zero-order chi connectivity index (χ0) is 13.7. The summed E-state index contributed by atoms with van der Waals surface area (Å²) in [5.41, 5.74) is 1.12. The maximum Gasteiger partial charge on any atom is 0.320 e. The van der Waals surface area contributed by atoms with Gasteiger partial charge in [0.2, 0.25) is 0 Å². The van der Waals surface area contributed by atoms with Crippen LogP contribution in [0.2, 0.25) is 0 Å². The molecule has 4 nitrogen and oxygen atoms in total. The first-order chi connectivity index (χ1) is 9.24. The summed E-state index contributed by atoms with van der Waals surface area (Å²) in [4.78, 5) is 13.5. The van der Waals surface area contributed by atoms with E-state index in [-0.39, 0.29) is 6.04 Å². The topological polar surface area (TPSA) is 49.8 Å². The Balaban J connectivity index is 2.24. The number of benzene rings is 1. The largest absolute Gasteiger partial charge is 0.480 e. The molecule has 0 radical (unpaired) electrons. The highest BCUT2D eigenvalue weighted by Gasteiger charge is 2.34. The molecule has 1 N–H and O–H groups in total. The minimum Gasteiger partial charge on any atom is -0.480 e. The molecule has 2 unspecified atom stereocenters. The molecule has 1 aliphatic rings. The molecular weight excluding hydrogens is 242 g/mol. The van der Waals surface area contributed by atoms with E-state index < -0.39 is 12.0 Å². The highest BCUT2D eigenvalue weighted by atomic mass is 16.5. The van der Waals surface area contributed by atoms with Gasteiger partial charge in [0, 0.05) is 7.11 Å². The second kappa shape index (κ2) is 6.68. The van der Waals surface area contributed by atoms with Crippen LogP contribution in [0.15, 0.2) is 30.3 Å². The molecule has 1 saturated heterocycles. The second-order valence-electron chi connectivity index (χ2n) is 4.97. The molecule has 1 heterocycles. The zero-order valence-electron chi connectivity index (χ0n) is 11.3. The molecule has 0 amide bonds. The molecule has 104 valence electrons. The molecule has 0 spiro atoms. The van der Waals surface area contributed by atoms with Gasteiger partial charge >= 0.3 is 5.97 Å². The van der Waals surface area contributed by atoms with E-state index in [2.05, 4.69) is 4.90 Å². The first kappa shape index (κ1) is 14.0. The van der Waals surface area contributed by atoms with Gasteiger partial charge in [0.25, 0.3) is 0 Å². The summed E-state index contributed by atoms with van der Waals surface area (Å²) in [5.74, 6) is -0.725. The van der Waals surface area contributed by atoms with Crippen molar-refractivity contribution < 1.29 is 14.6 Å². The maximum atomic E-state index is 11.4. The van der Waals surface area contributed by atoms with Gasteiger partial charge in [-0.1, -0.05) is 36.8 Å². The monoisotopic (exact) mass is 263 g/mol. The molecular formula is C15H21NO3. The lowest BCUT2D eigenvalue weighted by Crippen LogP contribution is -2.47. The van der Waals surface area contributed by atoms with Crippen molar-refractivity contribution >= 4 is 5.97 Å². The number of piperidine rings is 1. The van der Waals surface area contributed by atoms with Crippen LogP contribution in [0.4, 0.5) is 0 Å².